The third-order valence-electron chi connectivity index (χ3n) is 2.31. The van der Waals surface area contributed by atoms with Crippen molar-refractivity contribution in [1.29, 1.82) is 0 Å². The molecule has 0 aliphatic carbocycles. The zero-order valence-electron chi connectivity index (χ0n) is 8.90. The van der Waals surface area contributed by atoms with Crippen LogP contribution in [0.1, 0.15) is 15.9 Å². The summed E-state index contributed by atoms with van der Waals surface area (Å²) >= 11 is 5.87. The fraction of sp³-hybridized carbons (Fsp3) is 0.0833. The quantitative estimate of drug-likeness (QED) is 0.783. The first-order valence-corrected chi connectivity index (χ1v) is 5.43. The van der Waals surface area contributed by atoms with Gasteiger partial charge in [0.05, 0.1) is 10.6 Å². The van der Waals surface area contributed by atoms with Crippen LogP contribution >= 0.6 is 11.6 Å². The molecule has 0 bridgehead atoms. The Hall–Kier alpha value is -1.94. The van der Waals surface area contributed by atoms with Crippen molar-refractivity contribution in [2.24, 2.45) is 0 Å². The Kier molecular flexibility index (Phi) is 3.35. The molecule has 0 aliphatic rings. The number of H-pyrrole nitrogens is 1. The van der Waals surface area contributed by atoms with Gasteiger partial charge in [-0.2, -0.15) is 0 Å². The summed E-state index contributed by atoms with van der Waals surface area (Å²) in [7, 11) is 0. The lowest BCUT2D eigenvalue weighted by molar-refractivity contribution is 0.0950. The van der Waals surface area contributed by atoms with Gasteiger partial charge in [0.15, 0.2) is 0 Å². The van der Waals surface area contributed by atoms with Crippen LogP contribution in [0.15, 0.2) is 36.7 Å². The number of halogens is 1. The minimum absolute atomic E-state index is 0.0150. The standard InChI is InChI=1S/C12H11ClN2O2/c13-11-2-1-9(16)5-10(11)12(17)15-7-8-3-4-14-6-8/h1-6,14,16H,7H2,(H,15,17). The summed E-state index contributed by atoms with van der Waals surface area (Å²) in [6, 6.07) is 6.13. The van der Waals surface area contributed by atoms with Gasteiger partial charge >= 0.3 is 0 Å². The Morgan fingerprint density at radius 2 is 2.24 bits per heavy atom. The smallest absolute Gasteiger partial charge is 0.253 e. The first kappa shape index (κ1) is 11.5. The third-order valence-corrected chi connectivity index (χ3v) is 2.64. The molecular formula is C12H11ClN2O2. The molecule has 0 unspecified atom stereocenters. The molecule has 0 saturated carbocycles. The van der Waals surface area contributed by atoms with E-state index in [0.717, 1.165) is 5.56 Å². The lowest BCUT2D eigenvalue weighted by atomic mass is 10.2. The van der Waals surface area contributed by atoms with E-state index in [1.807, 2.05) is 6.07 Å². The summed E-state index contributed by atoms with van der Waals surface area (Å²) < 4.78 is 0. The highest BCUT2D eigenvalue weighted by molar-refractivity contribution is 6.33. The number of hydrogen-bond donors (Lipinski definition) is 3. The summed E-state index contributed by atoms with van der Waals surface area (Å²) in [6.45, 7) is 0.411. The number of phenolic OH excluding ortho intramolecular Hbond substituents is 1. The van der Waals surface area contributed by atoms with E-state index in [1.54, 1.807) is 12.4 Å². The fourth-order valence-corrected chi connectivity index (χ4v) is 1.64. The molecule has 0 atom stereocenters. The van der Waals surface area contributed by atoms with Crippen molar-refractivity contribution in [2.45, 2.75) is 6.54 Å². The zero-order chi connectivity index (χ0) is 12.3. The molecule has 1 aromatic carbocycles. The minimum atomic E-state index is -0.313. The zero-order valence-corrected chi connectivity index (χ0v) is 9.66. The number of carbonyl (C=O) groups is 1. The Bertz CT molecular complexity index is 523. The van der Waals surface area contributed by atoms with Crippen LogP contribution < -0.4 is 5.32 Å². The van der Waals surface area contributed by atoms with Crippen LogP contribution in [-0.4, -0.2) is 16.0 Å². The third kappa shape index (κ3) is 2.79. The van der Waals surface area contributed by atoms with Gasteiger partial charge in [0.2, 0.25) is 0 Å². The summed E-state index contributed by atoms with van der Waals surface area (Å²) in [6.07, 6.45) is 3.58. The van der Waals surface area contributed by atoms with Crippen LogP contribution in [-0.2, 0) is 6.54 Å². The van der Waals surface area contributed by atoms with E-state index < -0.39 is 0 Å². The van der Waals surface area contributed by atoms with Crippen LogP contribution in [0.4, 0.5) is 0 Å². The summed E-state index contributed by atoms with van der Waals surface area (Å²) in [5.74, 6) is -0.298. The number of aromatic nitrogens is 1. The summed E-state index contributed by atoms with van der Waals surface area (Å²) in [5.41, 5.74) is 1.23. The number of benzene rings is 1. The highest BCUT2D eigenvalue weighted by atomic mass is 35.5. The predicted octanol–water partition coefficient (Wildman–Crippen LogP) is 2.30. The monoisotopic (exact) mass is 250 g/mol. The largest absolute Gasteiger partial charge is 0.508 e. The number of aromatic hydroxyl groups is 1. The van der Waals surface area contributed by atoms with Crippen LogP contribution in [0.3, 0.4) is 0 Å². The van der Waals surface area contributed by atoms with Crippen molar-refractivity contribution in [2.75, 3.05) is 0 Å². The second-order valence-corrected chi connectivity index (χ2v) is 3.97. The number of nitrogens with one attached hydrogen (secondary N) is 2. The predicted molar refractivity (Wildman–Crippen MR) is 65.1 cm³/mol. The van der Waals surface area contributed by atoms with E-state index in [1.165, 1.54) is 18.2 Å². The van der Waals surface area contributed by atoms with Gasteiger partial charge in [-0.05, 0) is 29.8 Å². The summed E-state index contributed by atoms with van der Waals surface area (Å²) in [5, 5.41) is 12.3. The molecule has 1 aromatic heterocycles. The van der Waals surface area contributed by atoms with E-state index in [4.69, 9.17) is 11.6 Å². The van der Waals surface area contributed by atoms with Gasteiger partial charge in [0.25, 0.3) is 5.91 Å². The van der Waals surface area contributed by atoms with E-state index in [-0.39, 0.29) is 17.2 Å². The molecule has 0 fully saturated rings. The van der Waals surface area contributed by atoms with Crippen LogP contribution in [0.2, 0.25) is 5.02 Å². The van der Waals surface area contributed by atoms with Gasteiger partial charge in [-0.25, -0.2) is 0 Å². The topological polar surface area (TPSA) is 65.1 Å². The van der Waals surface area contributed by atoms with Gasteiger partial charge in [-0.3, -0.25) is 4.79 Å². The normalized spacial score (nSPS) is 10.2. The number of phenols is 1. The van der Waals surface area contributed by atoms with E-state index in [9.17, 15) is 9.90 Å². The molecule has 2 rings (SSSR count). The molecule has 0 saturated heterocycles. The number of amides is 1. The number of hydrogen-bond acceptors (Lipinski definition) is 2. The van der Waals surface area contributed by atoms with E-state index in [0.29, 0.717) is 11.6 Å². The number of rotatable bonds is 3. The lowest BCUT2D eigenvalue weighted by Gasteiger charge is -2.06. The maximum atomic E-state index is 11.8. The highest BCUT2D eigenvalue weighted by Crippen LogP contribution is 2.20. The molecule has 1 amide bonds. The fourth-order valence-electron chi connectivity index (χ4n) is 1.43. The van der Waals surface area contributed by atoms with Gasteiger partial charge in [-0.1, -0.05) is 11.6 Å². The number of carbonyl (C=O) groups excluding carboxylic acids is 1. The average molecular weight is 251 g/mol. The molecule has 2 aromatic rings. The Balaban J connectivity index is 2.07. The maximum Gasteiger partial charge on any atom is 0.253 e. The van der Waals surface area contributed by atoms with Gasteiger partial charge in [-0.15, -0.1) is 0 Å². The maximum absolute atomic E-state index is 11.8. The molecule has 17 heavy (non-hydrogen) atoms. The van der Waals surface area contributed by atoms with Gasteiger partial charge in [0.1, 0.15) is 5.75 Å². The molecule has 0 radical (unpaired) electrons. The summed E-state index contributed by atoms with van der Waals surface area (Å²) in [4.78, 5) is 14.7. The molecule has 0 aliphatic heterocycles. The Labute approximate surface area is 103 Å². The van der Waals surface area contributed by atoms with Crippen molar-refractivity contribution in [3.8, 4) is 5.75 Å². The van der Waals surface area contributed by atoms with Crippen LogP contribution in [0.5, 0.6) is 5.75 Å². The van der Waals surface area contributed by atoms with Gasteiger partial charge < -0.3 is 15.4 Å². The van der Waals surface area contributed by atoms with Gasteiger partial charge in [0, 0.05) is 18.9 Å². The van der Waals surface area contributed by atoms with Crippen molar-refractivity contribution in [3.05, 3.63) is 52.8 Å². The second-order valence-electron chi connectivity index (χ2n) is 3.57. The molecule has 4 nitrogen and oxygen atoms in total. The van der Waals surface area contributed by atoms with Crippen molar-refractivity contribution < 1.29 is 9.90 Å². The minimum Gasteiger partial charge on any atom is -0.508 e. The molecule has 3 N–H and O–H groups in total. The molecule has 0 spiro atoms. The van der Waals surface area contributed by atoms with Crippen molar-refractivity contribution in [1.82, 2.24) is 10.3 Å². The molecule has 88 valence electrons. The van der Waals surface area contributed by atoms with E-state index in [2.05, 4.69) is 10.3 Å². The molecule has 1 heterocycles. The molecule has 5 heteroatoms. The van der Waals surface area contributed by atoms with Crippen LogP contribution in [0, 0.1) is 0 Å². The highest BCUT2D eigenvalue weighted by Gasteiger charge is 2.10. The SMILES string of the molecule is O=C(NCc1cc[nH]c1)c1cc(O)ccc1Cl. The lowest BCUT2D eigenvalue weighted by Crippen LogP contribution is -2.22. The first-order chi connectivity index (χ1) is 8.16. The van der Waals surface area contributed by atoms with Crippen LogP contribution in [0.25, 0.3) is 0 Å². The van der Waals surface area contributed by atoms with E-state index >= 15 is 0 Å². The average Bonchev–Trinajstić information content (AvgIpc) is 2.82. The second kappa shape index (κ2) is 4.93. The number of aromatic amines is 1. The van der Waals surface area contributed by atoms with Crippen molar-refractivity contribution in [3.63, 3.8) is 0 Å². The first-order valence-electron chi connectivity index (χ1n) is 5.05. The Morgan fingerprint density at radius 3 is 2.94 bits per heavy atom. The molecular weight excluding hydrogens is 240 g/mol. The van der Waals surface area contributed by atoms with Crippen molar-refractivity contribution >= 4 is 17.5 Å². The Morgan fingerprint density at radius 1 is 1.41 bits per heavy atom.